The Balaban J connectivity index is 1.64. The van der Waals surface area contributed by atoms with Gasteiger partial charge < -0.3 is 14.2 Å². The molecule has 0 aromatic heterocycles. The fourth-order valence-corrected chi connectivity index (χ4v) is 4.17. The summed E-state index contributed by atoms with van der Waals surface area (Å²) in [4.78, 5) is 12.2. The second kappa shape index (κ2) is 13.4. The molecule has 0 fully saturated rings. The second-order valence-corrected chi connectivity index (χ2v) is 9.03. The minimum absolute atomic E-state index is 0.206. The highest BCUT2D eigenvalue weighted by Crippen LogP contribution is 2.37. The third-order valence-corrected chi connectivity index (χ3v) is 5.90. The number of nitrogens with zero attached hydrogens (tertiary/aromatic N) is 1. The molecule has 0 atom stereocenters. The number of halogens is 3. The van der Waals surface area contributed by atoms with E-state index in [1.807, 2.05) is 50.2 Å². The van der Waals surface area contributed by atoms with Gasteiger partial charge in [-0.2, -0.15) is 5.10 Å². The van der Waals surface area contributed by atoms with Crippen molar-refractivity contribution in [3.63, 3.8) is 0 Å². The van der Waals surface area contributed by atoms with E-state index in [1.165, 1.54) is 0 Å². The van der Waals surface area contributed by atoms with Gasteiger partial charge in [0, 0.05) is 15.6 Å². The average Bonchev–Trinajstić information content (AvgIpc) is 2.81. The van der Waals surface area contributed by atoms with Crippen molar-refractivity contribution in [2.24, 2.45) is 5.10 Å². The lowest BCUT2D eigenvalue weighted by molar-refractivity contribution is -0.120. The van der Waals surface area contributed by atoms with Gasteiger partial charge in [-0.1, -0.05) is 41.4 Å². The first kappa shape index (κ1) is 26.9. The van der Waals surface area contributed by atoms with Crippen LogP contribution in [-0.4, -0.2) is 25.3 Å². The van der Waals surface area contributed by atoms with Crippen LogP contribution in [0.3, 0.4) is 0 Å². The quantitative estimate of drug-likeness (QED) is 0.200. The van der Waals surface area contributed by atoms with Crippen molar-refractivity contribution in [2.45, 2.75) is 26.9 Å². The molecular formula is C26H25BrCl2N2O4. The number of hydrazone groups is 1. The summed E-state index contributed by atoms with van der Waals surface area (Å²) in [6.07, 6.45) is 1.75. The molecule has 0 radical (unpaired) electrons. The molecule has 1 N–H and O–H groups in total. The molecule has 0 saturated heterocycles. The van der Waals surface area contributed by atoms with Crippen molar-refractivity contribution in [1.82, 2.24) is 5.43 Å². The van der Waals surface area contributed by atoms with Crippen LogP contribution in [0.4, 0.5) is 0 Å². The molecule has 184 valence electrons. The molecular weight excluding hydrogens is 555 g/mol. The van der Waals surface area contributed by atoms with E-state index in [0.29, 0.717) is 39.2 Å². The molecule has 35 heavy (non-hydrogen) atoms. The number of carbonyl (C=O) groups excluding carboxylic acids is 1. The average molecular weight is 580 g/mol. The van der Waals surface area contributed by atoms with Crippen molar-refractivity contribution < 1.29 is 19.0 Å². The smallest absolute Gasteiger partial charge is 0.244 e. The minimum Gasteiger partial charge on any atom is -0.494 e. The van der Waals surface area contributed by atoms with Crippen LogP contribution in [0.5, 0.6) is 17.2 Å². The monoisotopic (exact) mass is 578 g/mol. The summed E-state index contributed by atoms with van der Waals surface area (Å²) in [5, 5.41) is 5.16. The fraction of sp³-hybridized carbons (Fsp3) is 0.231. The Labute approximate surface area is 223 Å². The lowest BCUT2D eigenvalue weighted by Gasteiger charge is -2.15. The number of hydrogen-bond donors (Lipinski definition) is 1. The van der Waals surface area contributed by atoms with E-state index in [9.17, 15) is 4.79 Å². The van der Waals surface area contributed by atoms with Gasteiger partial charge in [-0.05, 0) is 77.3 Å². The second-order valence-electron chi connectivity index (χ2n) is 7.33. The summed E-state index contributed by atoms with van der Waals surface area (Å²) in [6.45, 7) is 5.09. The summed E-state index contributed by atoms with van der Waals surface area (Å²) in [5.74, 6) is 1.62. The van der Waals surface area contributed by atoms with E-state index in [-0.39, 0.29) is 18.9 Å². The van der Waals surface area contributed by atoms with Crippen LogP contribution in [0, 0.1) is 0 Å². The van der Waals surface area contributed by atoms with E-state index in [0.717, 1.165) is 22.4 Å². The van der Waals surface area contributed by atoms with Gasteiger partial charge in [-0.3, -0.25) is 4.79 Å². The zero-order valence-electron chi connectivity index (χ0n) is 19.3. The van der Waals surface area contributed by atoms with Gasteiger partial charge in [-0.15, -0.1) is 0 Å². The topological polar surface area (TPSA) is 69.2 Å². The highest BCUT2D eigenvalue weighted by molar-refractivity contribution is 9.10. The zero-order valence-corrected chi connectivity index (χ0v) is 22.4. The standard InChI is InChI=1S/C26H25BrCl2N2O4/c1-3-33-21-9-5-17(6-10-21)13-25(32)31-30-15-18-11-22(27)26(24(12-18)34-4-2)35-16-19-7-8-20(28)14-23(19)29/h5-12,14-15H,3-4,13,16H2,1-2H3,(H,31,32)/b30-15+. The number of nitrogens with one attached hydrogen (secondary N) is 1. The molecule has 0 saturated carbocycles. The lowest BCUT2D eigenvalue weighted by Crippen LogP contribution is -2.19. The Morgan fingerprint density at radius 3 is 2.43 bits per heavy atom. The Morgan fingerprint density at radius 2 is 1.74 bits per heavy atom. The fourth-order valence-electron chi connectivity index (χ4n) is 3.13. The maximum Gasteiger partial charge on any atom is 0.244 e. The van der Waals surface area contributed by atoms with E-state index in [4.69, 9.17) is 37.4 Å². The number of amides is 1. The summed E-state index contributed by atoms with van der Waals surface area (Å²) in [6, 6.07) is 16.2. The predicted octanol–water partition coefficient (Wildman–Crippen LogP) is 6.83. The molecule has 0 aliphatic carbocycles. The predicted molar refractivity (Wildman–Crippen MR) is 143 cm³/mol. The normalized spacial score (nSPS) is 10.9. The molecule has 0 aliphatic heterocycles. The molecule has 3 aromatic rings. The van der Waals surface area contributed by atoms with Crippen LogP contribution >= 0.6 is 39.1 Å². The third kappa shape index (κ3) is 8.16. The third-order valence-electron chi connectivity index (χ3n) is 4.72. The van der Waals surface area contributed by atoms with Crippen molar-refractivity contribution in [2.75, 3.05) is 13.2 Å². The maximum atomic E-state index is 12.2. The van der Waals surface area contributed by atoms with Crippen molar-refractivity contribution in [1.29, 1.82) is 0 Å². The zero-order chi connectivity index (χ0) is 25.2. The lowest BCUT2D eigenvalue weighted by atomic mass is 10.1. The molecule has 1 amide bonds. The van der Waals surface area contributed by atoms with E-state index >= 15 is 0 Å². The number of benzene rings is 3. The van der Waals surface area contributed by atoms with E-state index < -0.39 is 0 Å². The van der Waals surface area contributed by atoms with Crippen LogP contribution in [0.1, 0.15) is 30.5 Å². The summed E-state index contributed by atoms with van der Waals surface area (Å²) >= 11 is 15.8. The molecule has 0 bridgehead atoms. The molecule has 0 aliphatic rings. The molecule has 3 rings (SSSR count). The van der Waals surface area contributed by atoms with Crippen molar-refractivity contribution in [3.8, 4) is 17.2 Å². The SMILES string of the molecule is CCOc1ccc(CC(=O)N/N=C/c2cc(Br)c(OCc3ccc(Cl)cc3Cl)c(OCC)c2)cc1. The summed E-state index contributed by atoms with van der Waals surface area (Å²) in [5.41, 5.74) is 4.93. The highest BCUT2D eigenvalue weighted by atomic mass is 79.9. The molecule has 6 nitrogen and oxygen atoms in total. The number of rotatable bonds is 11. The van der Waals surface area contributed by atoms with Crippen LogP contribution in [0.25, 0.3) is 0 Å². The molecule has 9 heteroatoms. The van der Waals surface area contributed by atoms with Crippen LogP contribution < -0.4 is 19.6 Å². The Morgan fingerprint density at radius 1 is 1.00 bits per heavy atom. The van der Waals surface area contributed by atoms with Crippen molar-refractivity contribution in [3.05, 3.63) is 85.8 Å². The molecule has 0 heterocycles. The minimum atomic E-state index is -0.227. The first-order valence-electron chi connectivity index (χ1n) is 11.0. The van der Waals surface area contributed by atoms with Crippen LogP contribution in [0.15, 0.2) is 64.2 Å². The van der Waals surface area contributed by atoms with Gasteiger partial charge in [0.25, 0.3) is 0 Å². The van der Waals surface area contributed by atoms with Crippen molar-refractivity contribution >= 4 is 51.3 Å². The van der Waals surface area contributed by atoms with Gasteiger partial charge in [0.2, 0.25) is 5.91 Å². The first-order valence-corrected chi connectivity index (χ1v) is 12.5. The van der Waals surface area contributed by atoms with Gasteiger partial charge >= 0.3 is 0 Å². The van der Waals surface area contributed by atoms with Gasteiger partial charge in [0.15, 0.2) is 11.5 Å². The number of hydrogen-bond acceptors (Lipinski definition) is 5. The molecule has 0 unspecified atom stereocenters. The van der Waals surface area contributed by atoms with E-state index in [1.54, 1.807) is 24.4 Å². The highest BCUT2D eigenvalue weighted by Gasteiger charge is 2.13. The van der Waals surface area contributed by atoms with Gasteiger partial charge in [0.05, 0.1) is 30.3 Å². The first-order chi connectivity index (χ1) is 16.9. The van der Waals surface area contributed by atoms with Gasteiger partial charge in [-0.25, -0.2) is 5.43 Å². The number of carbonyl (C=O) groups is 1. The largest absolute Gasteiger partial charge is 0.494 e. The molecule has 3 aromatic carbocycles. The maximum absolute atomic E-state index is 12.2. The van der Waals surface area contributed by atoms with E-state index in [2.05, 4.69) is 26.5 Å². The number of ether oxygens (including phenoxy) is 3. The Kier molecular flexibility index (Phi) is 10.3. The summed E-state index contributed by atoms with van der Waals surface area (Å²) < 4.78 is 17.8. The Hall–Kier alpha value is -2.74. The molecule has 0 spiro atoms. The van der Waals surface area contributed by atoms with Gasteiger partial charge in [0.1, 0.15) is 12.4 Å². The Bertz CT molecular complexity index is 1190. The van der Waals surface area contributed by atoms with Crippen LogP contribution in [0.2, 0.25) is 10.0 Å². The summed E-state index contributed by atoms with van der Waals surface area (Å²) in [7, 11) is 0. The van der Waals surface area contributed by atoms with Crippen LogP contribution in [-0.2, 0) is 17.8 Å².